The molecule has 0 spiro atoms. The van der Waals surface area contributed by atoms with Gasteiger partial charge >= 0.3 is 5.97 Å². The molecular weight excluding hydrogens is 238 g/mol. The topological polar surface area (TPSA) is 57.6 Å². The molecule has 1 aliphatic heterocycles. The van der Waals surface area contributed by atoms with E-state index in [0.29, 0.717) is 19.4 Å². The van der Waals surface area contributed by atoms with Crippen molar-refractivity contribution in [2.24, 2.45) is 0 Å². The Hall–Kier alpha value is -1.36. The summed E-state index contributed by atoms with van der Waals surface area (Å²) in [7, 11) is 0. The van der Waals surface area contributed by atoms with Crippen molar-refractivity contribution in [3.63, 3.8) is 0 Å². The van der Waals surface area contributed by atoms with Crippen LogP contribution in [-0.4, -0.2) is 34.0 Å². The largest absolute Gasteiger partial charge is 0.479 e. The molecule has 2 heterocycles. The zero-order chi connectivity index (χ0) is 12.5. The van der Waals surface area contributed by atoms with Gasteiger partial charge in [0, 0.05) is 24.8 Å². The van der Waals surface area contributed by atoms with Gasteiger partial charge in [-0.3, -0.25) is 4.79 Å². The minimum atomic E-state index is -1.03. The molecule has 5 heteroatoms. The van der Waals surface area contributed by atoms with E-state index < -0.39 is 11.5 Å². The lowest BCUT2D eigenvalue weighted by Gasteiger charge is -2.33. The summed E-state index contributed by atoms with van der Waals surface area (Å²) in [4.78, 5) is 25.7. The van der Waals surface area contributed by atoms with Crippen molar-refractivity contribution in [3.8, 4) is 0 Å². The Morgan fingerprint density at radius 2 is 2.35 bits per heavy atom. The molecule has 92 valence electrons. The minimum absolute atomic E-state index is 0.151. The molecule has 0 aliphatic carbocycles. The number of carbonyl (C=O) groups is 2. The maximum atomic E-state index is 11.6. The van der Waals surface area contributed by atoms with Gasteiger partial charge in [-0.05, 0) is 24.3 Å². The van der Waals surface area contributed by atoms with Gasteiger partial charge in [0.25, 0.3) is 0 Å². The molecule has 0 bridgehead atoms. The smallest absolute Gasteiger partial charge is 0.330 e. The first-order valence-corrected chi connectivity index (χ1v) is 6.48. The van der Waals surface area contributed by atoms with E-state index >= 15 is 0 Å². The van der Waals surface area contributed by atoms with E-state index in [1.807, 2.05) is 17.5 Å². The van der Waals surface area contributed by atoms with E-state index in [-0.39, 0.29) is 5.91 Å². The van der Waals surface area contributed by atoms with Crippen LogP contribution in [0.15, 0.2) is 17.5 Å². The summed E-state index contributed by atoms with van der Waals surface area (Å²) >= 11 is 1.54. The maximum absolute atomic E-state index is 11.6. The number of hydrogen-bond donors (Lipinski definition) is 1. The molecule has 1 aromatic rings. The van der Waals surface area contributed by atoms with Crippen LogP contribution in [0, 0.1) is 0 Å². The van der Waals surface area contributed by atoms with Crippen LogP contribution >= 0.6 is 11.3 Å². The number of nitrogens with zero attached hydrogens (tertiary/aromatic N) is 1. The Morgan fingerprint density at radius 1 is 1.59 bits per heavy atom. The second kappa shape index (κ2) is 4.49. The molecule has 1 aliphatic rings. The van der Waals surface area contributed by atoms with Crippen molar-refractivity contribution in [2.45, 2.75) is 31.7 Å². The fraction of sp³-hybridized carbons (Fsp3) is 0.500. The molecule has 0 radical (unpaired) electrons. The fourth-order valence-corrected chi connectivity index (χ4v) is 3.33. The Bertz CT molecular complexity index is 429. The molecule has 0 saturated carbocycles. The van der Waals surface area contributed by atoms with Crippen LogP contribution in [-0.2, 0) is 16.0 Å². The Kier molecular flexibility index (Phi) is 3.19. The molecule has 1 amide bonds. The van der Waals surface area contributed by atoms with Gasteiger partial charge in [0.15, 0.2) is 0 Å². The molecule has 1 unspecified atom stereocenters. The minimum Gasteiger partial charge on any atom is -0.479 e. The lowest BCUT2D eigenvalue weighted by molar-refractivity contribution is -0.155. The summed E-state index contributed by atoms with van der Waals surface area (Å²) in [5.41, 5.74) is -1.03. The Labute approximate surface area is 104 Å². The number of carboxylic acid groups (broad SMARTS) is 1. The maximum Gasteiger partial charge on any atom is 0.330 e. The first-order valence-electron chi connectivity index (χ1n) is 5.60. The summed E-state index contributed by atoms with van der Waals surface area (Å²) < 4.78 is 0. The summed E-state index contributed by atoms with van der Waals surface area (Å²) in [5, 5.41) is 11.4. The molecule has 1 saturated heterocycles. The third-order valence-electron chi connectivity index (χ3n) is 3.31. The van der Waals surface area contributed by atoms with Crippen molar-refractivity contribution in [3.05, 3.63) is 22.4 Å². The molecule has 4 nitrogen and oxygen atoms in total. The number of likely N-dealkylation sites (tertiary alicyclic amines) is 1. The average molecular weight is 253 g/mol. The second-order valence-electron chi connectivity index (χ2n) is 4.37. The van der Waals surface area contributed by atoms with E-state index in [2.05, 4.69) is 0 Å². The summed E-state index contributed by atoms with van der Waals surface area (Å²) in [6, 6.07) is 3.83. The van der Waals surface area contributed by atoms with Crippen LogP contribution in [0.2, 0.25) is 0 Å². The van der Waals surface area contributed by atoms with E-state index in [4.69, 9.17) is 0 Å². The highest BCUT2D eigenvalue weighted by Gasteiger charge is 2.49. The number of aliphatic carboxylic acids is 1. The van der Waals surface area contributed by atoms with Crippen LogP contribution < -0.4 is 0 Å². The van der Waals surface area contributed by atoms with Gasteiger partial charge in [-0.2, -0.15) is 0 Å². The molecule has 1 N–H and O–H groups in total. The number of thiophene rings is 1. The summed E-state index contributed by atoms with van der Waals surface area (Å²) in [5.74, 6) is -1.04. The molecular formula is C12H15NO3S. The quantitative estimate of drug-likeness (QED) is 0.893. The van der Waals surface area contributed by atoms with Crippen LogP contribution in [0.25, 0.3) is 0 Å². The average Bonchev–Trinajstić information content (AvgIpc) is 2.87. The van der Waals surface area contributed by atoms with Gasteiger partial charge < -0.3 is 10.0 Å². The number of amides is 1. The molecule has 1 fully saturated rings. The first kappa shape index (κ1) is 12.1. The monoisotopic (exact) mass is 253 g/mol. The molecule has 1 aromatic heterocycles. The Balaban J connectivity index is 2.32. The predicted molar refractivity (Wildman–Crippen MR) is 65.0 cm³/mol. The standard InChI is InChI=1S/C12H15NO3S/c1-9(14)13-6-3-5-12(13,11(15)16)8-10-4-2-7-17-10/h2,4,7H,3,5-6,8H2,1H3,(H,15,16). The highest BCUT2D eigenvalue weighted by atomic mass is 32.1. The number of hydrogen-bond acceptors (Lipinski definition) is 3. The van der Waals surface area contributed by atoms with Gasteiger partial charge in [-0.15, -0.1) is 11.3 Å². The van der Waals surface area contributed by atoms with Crippen LogP contribution in [0.5, 0.6) is 0 Å². The van der Waals surface area contributed by atoms with Crippen LogP contribution in [0.3, 0.4) is 0 Å². The number of rotatable bonds is 3. The van der Waals surface area contributed by atoms with Crippen LogP contribution in [0.4, 0.5) is 0 Å². The normalized spacial score (nSPS) is 23.9. The third kappa shape index (κ3) is 2.07. The lowest BCUT2D eigenvalue weighted by atomic mass is 9.91. The van der Waals surface area contributed by atoms with E-state index in [0.717, 1.165) is 11.3 Å². The van der Waals surface area contributed by atoms with Crippen molar-refractivity contribution in [1.29, 1.82) is 0 Å². The van der Waals surface area contributed by atoms with Crippen LogP contribution in [0.1, 0.15) is 24.6 Å². The van der Waals surface area contributed by atoms with Crippen molar-refractivity contribution < 1.29 is 14.7 Å². The van der Waals surface area contributed by atoms with E-state index in [9.17, 15) is 14.7 Å². The summed E-state index contributed by atoms with van der Waals surface area (Å²) in [6.07, 6.45) is 1.72. The molecule has 2 rings (SSSR count). The number of carboxylic acids is 1. The highest BCUT2D eigenvalue weighted by Crippen LogP contribution is 2.34. The zero-order valence-corrected chi connectivity index (χ0v) is 10.5. The molecule has 1 atom stereocenters. The van der Waals surface area contributed by atoms with Gasteiger partial charge in [-0.25, -0.2) is 4.79 Å². The summed E-state index contributed by atoms with van der Waals surface area (Å²) in [6.45, 7) is 1.99. The Morgan fingerprint density at radius 3 is 2.88 bits per heavy atom. The third-order valence-corrected chi connectivity index (χ3v) is 4.19. The van der Waals surface area contributed by atoms with Gasteiger partial charge in [-0.1, -0.05) is 6.07 Å². The number of carbonyl (C=O) groups excluding carboxylic acids is 1. The molecule has 0 aromatic carbocycles. The highest BCUT2D eigenvalue weighted by molar-refractivity contribution is 7.09. The first-order chi connectivity index (χ1) is 8.06. The SMILES string of the molecule is CC(=O)N1CCCC1(Cc1cccs1)C(=O)O. The lowest BCUT2D eigenvalue weighted by Crippen LogP contribution is -2.53. The van der Waals surface area contributed by atoms with Gasteiger partial charge in [0.05, 0.1) is 0 Å². The molecule has 17 heavy (non-hydrogen) atoms. The zero-order valence-electron chi connectivity index (χ0n) is 9.68. The van der Waals surface area contributed by atoms with Crippen molar-refractivity contribution >= 4 is 23.2 Å². The van der Waals surface area contributed by atoms with Gasteiger partial charge in [0.2, 0.25) is 5.91 Å². The van der Waals surface area contributed by atoms with Gasteiger partial charge in [0.1, 0.15) is 5.54 Å². The van der Waals surface area contributed by atoms with E-state index in [1.165, 1.54) is 23.2 Å². The van der Waals surface area contributed by atoms with Crippen molar-refractivity contribution in [1.82, 2.24) is 4.90 Å². The second-order valence-corrected chi connectivity index (χ2v) is 5.40. The van der Waals surface area contributed by atoms with E-state index in [1.54, 1.807) is 0 Å². The predicted octanol–water partition coefficient (Wildman–Crippen LogP) is 1.76. The fourth-order valence-electron chi connectivity index (χ4n) is 2.52. The van der Waals surface area contributed by atoms with Crippen molar-refractivity contribution in [2.75, 3.05) is 6.54 Å².